The molecule has 0 unspecified atom stereocenters. The highest BCUT2D eigenvalue weighted by Crippen LogP contribution is 2.61. The van der Waals surface area contributed by atoms with Crippen molar-refractivity contribution in [1.82, 2.24) is 0 Å². The second-order valence-corrected chi connectivity index (χ2v) is 8.42. The molecule has 0 amide bonds. The number of aliphatic hydroxyl groups excluding tert-OH is 1. The minimum atomic E-state index is 0.171. The third-order valence-electron chi connectivity index (χ3n) is 6.59. The van der Waals surface area contributed by atoms with Crippen LogP contribution in [0.25, 0.3) is 0 Å². The Morgan fingerprint density at radius 2 is 2.05 bits per heavy atom. The van der Waals surface area contributed by atoms with Gasteiger partial charge in [-0.3, -0.25) is 0 Å². The molecule has 2 saturated carbocycles. The van der Waals surface area contributed by atoms with Crippen molar-refractivity contribution >= 4 is 0 Å². The second kappa shape index (κ2) is 6.28. The van der Waals surface area contributed by atoms with Crippen LogP contribution in [0.5, 0.6) is 0 Å². The van der Waals surface area contributed by atoms with E-state index in [1.807, 2.05) is 6.08 Å². The molecule has 0 spiro atoms. The molecule has 2 aliphatic carbocycles. The zero-order chi connectivity index (χ0) is 15.7. The molecule has 0 aromatic carbocycles. The quantitative estimate of drug-likeness (QED) is 0.677. The molecule has 1 heteroatoms. The number of aliphatic hydroxyl groups is 1. The zero-order valence-corrected chi connectivity index (χ0v) is 14.5. The lowest BCUT2D eigenvalue weighted by molar-refractivity contribution is -0.0539. The van der Waals surface area contributed by atoms with E-state index in [1.54, 1.807) is 0 Å². The fourth-order valence-corrected chi connectivity index (χ4v) is 5.44. The predicted octanol–water partition coefficient (Wildman–Crippen LogP) is 5.50. The number of hydrogen-bond acceptors (Lipinski definition) is 1. The first kappa shape index (κ1) is 16.8. The summed E-state index contributed by atoms with van der Waals surface area (Å²) >= 11 is 0. The molecular formula is C20H34O. The van der Waals surface area contributed by atoms with Gasteiger partial charge >= 0.3 is 0 Å². The van der Waals surface area contributed by atoms with E-state index >= 15 is 0 Å². The van der Waals surface area contributed by atoms with Crippen LogP contribution in [-0.2, 0) is 0 Å². The van der Waals surface area contributed by atoms with E-state index in [0.29, 0.717) is 16.7 Å². The van der Waals surface area contributed by atoms with Crippen molar-refractivity contribution in [3.63, 3.8) is 0 Å². The van der Waals surface area contributed by atoms with Gasteiger partial charge in [-0.25, -0.2) is 0 Å². The SMILES string of the molecule is C=C1CC[C@H]2C(C)(C)CCC[C@]2(C)[C@@H]1CC/C(C)=C/CO. The van der Waals surface area contributed by atoms with Crippen LogP contribution in [0.3, 0.4) is 0 Å². The minimum absolute atomic E-state index is 0.171. The summed E-state index contributed by atoms with van der Waals surface area (Å²) in [4.78, 5) is 0. The molecule has 21 heavy (non-hydrogen) atoms. The number of hydrogen-bond donors (Lipinski definition) is 1. The van der Waals surface area contributed by atoms with Crippen LogP contribution in [0.1, 0.15) is 72.6 Å². The molecule has 2 fully saturated rings. The Balaban J connectivity index is 2.17. The predicted molar refractivity (Wildman–Crippen MR) is 91.2 cm³/mol. The normalized spacial score (nSPS) is 36.4. The summed E-state index contributed by atoms with van der Waals surface area (Å²) in [5.41, 5.74) is 3.74. The van der Waals surface area contributed by atoms with Gasteiger partial charge in [0, 0.05) is 0 Å². The number of rotatable bonds is 4. The molecule has 1 nitrogen and oxygen atoms in total. The smallest absolute Gasteiger partial charge is 0.0614 e. The van der Waals surface area contributed by atoms with Gasteiger partial charge in [0.15, 0.2) is 0 Å². The molecule has 3 atom stereocenters. The van der Waals surface area contributed by atoms with Crippen LogP contribution >= 0.6 is 0 Å². The number of fused-ring (bicyclic) bond motifs is 1. The highest BCUT2D eigenvalue weighted by Gasteiger charge is 2.52. The van der Waals surface area contributed by atoms with Crippen LogP contribution in [-0.4, -0.2) is 11.7 Å². The zero-order valence-electron chi connectivity index (χ0n) is 14.5. The topological polar surface area (TPSA) is 20.2 Å². The molecule has 0 aromatic rings. The maximum absolute atomic E-state index is 9.04. The van der Waals surface area contributed by atoms with Crippen LogP contribution in [0, 0.1) is 22.7 Å². The van der Waals surface area contributed by atoms with Gasteiger partial charge in [-0.2, -0.15) is 0 Å². The highest BCUT2D eigenvalue weighted by atomic mass is 16.2. The van der Waals surface area contributed by atoms with Gasteiger partial charge in [-0.15, -0.1) is 0 Å². The molecule has 0 aliphatic heterocycles. The lowest BCUT2D eigenvalue weighted by Gasteiger charge is -2.58. The van der Waals surface area contributed by atoms with E-state index in [0.717, 1.165) is 12.3 Å². The van der Waals surface area contributed by atoms with E-state index in [-0.39, 0.29) is 6.61 Å². The molecule has 0 saturated heterocycles. The average Bonchev–Trinajstić information content (AvgIpc) is 2.37. The van der Waals surface area contributed by atoms with Gasteiger partial charge in [-0.05, 0) is 68.1 Å². The van der Waals surface area contributed by atoms with E-state index in [4.69, 9.17) is 5.11 Å². The van der Waals surface area contributed by atoms with Gasteiger partial charge in [0.25, 0.3) is 0 Å². The van der Waals surface area contributed by atoms with Crippen molar-refractivity contribution in [1.29, 1.82) is 0 Å². The van der Waals surface area contributed by atoms with E-state index < -0.39 is 0 Å². The molecule has 0 aromatic heterocycles. The standard InChI is InChI=1S/C20H34O/c1-15(11-14-21)7-9-17-16(2)8-10-18-19(3,4)12-6-13-20(17,18)5/h11,17-18,21H,2,6-10,12-14H2,1,3-5H3/b15-11+/t17-,18+,20-/m1/s1. The molecular weight excluding hydrogens is 256 g/mol. The van der Waals surface area contributed by atoms with Gasteiger partial charge in [0.05, 0.1) is 6.61 Å². The summed E-state index contributed by atoms with van der Waals surface area (Å²) in [5.74, 6) is 1.51. The Bertz CT molecular complexity index is 418. The Kier molecular flexibility index (Phi) is 5.03. The maximum atomic E-state index is 9.04. The van der Waals surface area contributed by atoms with Crippen LogP contribution in [0.15, 0.2) is 23.8 Å². The van der Waals surface area contributed by atoms with Gasteiger partial charge in [0.2, 0.25) is 0 Å². The highest BCUT2D eigenvalue weighted by molar-refractivity contribution is 5.16. The molecule has 2 rings (SSSR count). The van der Waals surface area contributed by atoms with Crippen molar-refractivity contribution in [2.24, 2.45) is 22.7 Å². The first-order valence-electron chi connectivity index (χ1n) is 8.75. The molecule has 0 bridgehead atoms. The summed E-state index contributed by atoms with van der Waals surface area (Å²) < 4.78 is 0. The summed E-state index contributed by atoms with van der Waals surface area (Å²) in [7, 11) is 0. The van der Waals surface area contributed by atoms with Crippen LogP contribution in [0.2, 0.25) is 0 Å². The molecule has 1 N–H and O–H groups in total. The largest absolute Gasteiger partial charge is 0.392 e. The van der Waals surface area contributed by atoms with E-state index in [2.05, 4.69) is 34.3 Å². The van der Waals surface area contributed by atoms with E-state index in [1.165, 1.54) is 49.7 Å². The summed E-state index contributed by atoms with van der Waals surface area (Å²) in [6, 6.07) is 0. The monoisotopic (exact) mass is 290 g/mol. The molecule has 0 radical (unpaired) electrons. The van der Waals surface area contributed by atoms with Crippen molar-refractivity contribution in [3.8, 4) is 0 Å². The van der Waals surface area contributed by atoms with Crippen molar-refractivity contribution in [3.05, 3.63) is 23.8 Å². The summed E-state index contributed by atoms with van der Waals surface area (Å²) in [6.45, 7) is 14.3. The molecule has 0 heterocycles. The second-order valence-electron chi connectivity index (χ2n) is 8.42. The first-order chi connectivity index (χ1) is 9.81. The van der Waals surface area contributed by atoms with Crippen molar-refractivity contribution in [2.75, 3.05) is 6.61 Å². The number of allylic oxidation sites excluding steroid dienone is 2. The summed E-state index contributed by atoms with van der Waals surface area (Å²) in [5, 5.41) is 9.04. The summed E-state index contributed by atoms with van der Waals surface area (Å²) in [6.07, 6.45) is 11.0. The Hall–Kier alpha value is -0.560. The van der Waals surface area contributed by atoms with Gasteiger partial charge in [-0.1, -0.05) is 51.0 Å². The van der Waals surface area contributed by atoms with Gasteiger partial charge < -0.3 is 5.11 Å². The lowest BCUT2D eigenvalue weighted by Crippen LogP contribution is -2.49. The van der Waals surface area contributed by atoms with Gasteiger partial charge in [0.1, 0.15) is 0 Å². The average molecular weight is 290 g/mol. The Labute approximate surface area is 131 Å². The molecule has 2 aliphatic rings. The van der Waals surface area contributed by atoms with Crippen molar-refractivity contribution < 1.29 is 5.11 Å². The third-order valence-corrected chi connectivity index (χ3v) is 6.59. The third kappa shape index (κ3) is 3.28. The van der Waals surface area contributed by atoms with Crippen LogP contribution < -0.4 is 0 Å². The fraction of sp³-hybridized carbons (Fsp3) is 0.800. The first-order valence-corrected chi connectivity index (χ1v) is 8.75. The fourth-order valence-electron chi connectivity index (χ4n) is 5.44. The van der Waals surface area contributed by atoms with E-state index in [9.17, 15) is 0 Å². The molecule has 120 valence electrons. The van der Waals surface area contributed by atoms with Crippen molar-refractivity contribution in [2.45, 2.75) is 72.6 Å². The maximum Gasteiger partial charge on any atom is 0.0614 e. The lowest BCUT2D eigenvalue weighted by atomic mass is 9.47. The Morgan fingerprint density at radius 1 is 1.33 bits per heavy atom. The Morgan fingerprint density at radius 3 is 2.71 bits per heavy atom. The minimum Gasteiger partial charge on any atom is -0.392 e. The van der Waals surface area contributed by atoms with Crippen LogP contribution in [0.4, 0.5) is 0 Å².